The molecular formula is C24H26FN5. The largest absolute Gasteiger partial charge is 0.366 e. The van der Waals surface area contributed by atoms with Crippen molar-refractivity contribution >= 4 is 11.6 Å². The number of H-pyrrole nitrogens is 1. The SMILES string of the molecule is CC.Fc1ccc(-c2cc(NCc3cccc(NCc4ccccc4)n3)n[nH]2)cc1. The van der Waals surface area contributed by atoms with Crippen LogP contribution in [-0.4, -0.2) is 15.2 Å². The van der Waals surface area contributed by atoms with E-state index in [9.17, 15) is 4.39 Å². The molecule has 2 aromatic heterocycles. The minimum Gasteiger partial charge on any atom is -0.366 e. The molecule has 0 saturated carbocycles. The number of hydrogen-bond acceptors (Lipinski definition) is 4. The first-order valence-electron chi connectivity index (χ1n) is 10.1. The molecule has 0 radical (unpaired) electrons. The Balaban J connectivity index is 0.00000124. The molecule has 3 N–H and O–H groups in total. The Morgan fingerprint density at radius 3 is 2.30 bits per heavy atom. The molecule has 6 heteroatoms. The summed E-state index contributed by atoms with van der Waals surface area (Å²) >= 11 is 0. The van der Waals surface area contributed by atoms with Gasteiger partial charge in [0.2, 0.25) is 0 Å². The van der Waals surface area contributed by atoms with Gasteiger partial charge in [-0.3, -0.25) is 5.10 Å². The van der Waals surface area contributed by atoms with E-state index in [-0.39, 0.29) is 5.82 Å². The molecule has 4 aromatic rings. The van der Waals surface area contributed by atoms with Crippen molar-refractivity contribution in [2.75, 3.05) is 10.6 Å². The Morgan fingerprint density at radius 1 is 0.800 bits per heavy atom. The van der Waals surface area contributed by atoms with E-state index in [1.165, 1.54) is 17.7 Å². The molecule has 154 valence electrons. The molecule has 0 aliphatic rings. The molecule has 0 atom stereocenters. The van der Waals surface area contributed by atoms with Gasteiger partial charge in [-0.2, -0.15) is 5.10 Å². The molecule has 0 aliphatic carbocycles. The van der Waals surface area contributed by atoms with Gasteiger partial charge in [-0.15, -0.1) is 0 Å². The normalized spacial score (nSPS) is 10.1. The number of nitrogens with zero attached hydrogens (tertiary/aromatic N) is 2. The fourth-order valence-electron chi connectivity index (χ4n) is 2.84. The predicted octanol–water partition coefficient (Wildman–Crippen LogP) is 5.86. The maximum atomic E-state index is 13.0. The second-order valence-corrected chi connectivity index (χ2v) is 6.38. The molecule has 0 fully saturated rings. The van der Waals surface area contributed by atoms with Gasteiger partial charge in [0, 0.05) is 12.6 Å². The van der Waals surface area contributed by atoms with Crippen molar-refractivity contribution < 1.29 is 4.39 Å². The van der Waals surface area contributed by atoms with E-state index < -0.39 is 0 Å². The monoisotopic (exact) mass is 403 g/mol. The molecule has 2 heterocycles. The number of benzene rings is 2. The Kier molecular flexibility index (Phi) is 7.55. The Bertz CT molecular complexity index is 1030. The molecule has 0 aliphatic heterocycles. The maximum absolute atomic E-state index is 13.0. The standard InChI is InChI=1S/C22H20FN5.C2H6/c23-18-11-9-17(10-12-18)20-13-22(28-27-20)25-15-19-7-4-8-21(26-19)24-14-16-5-2-1-3-6-16;1-2/h1-13H,14-15H2,(H,24,26)(H2,25,27,28);1-2H3. The third-order valence-electron chi connectivity index (χ3n) is 4.31. The van der Waals surface area contributed by atoms with E-state index in [2.05, 4.69) is 37.9 Å². The molecule has 0 amide bonds. The first kappa shape index (κ1) is 21.0. The highest BCUT2D eigenvalue weighted by atomic mass is 19.1. The molecule has 2 aromatic carbocycles. The molecule has 0 spiro atoms. The summed E-state index contributed by atoms with van der Waals surface area (Å²) in [6.07, 6.45) is 0. The molecule has 4 rings (SSSR count). The minimum absolute atomic E-state index is 0.256. The summed E-state index contributed by atoms with van der Waals surface area (Å²) in [4.78, 5) is 4.62. The molecule has 0 saturated heterocycles. The van der Waals surface area contributed by atoms with Crippen LogP contribution >= 0.6 is 0 Å². The first-order valence-corrected chi connectivity index (χ1v) is 10.1. The fraction of sp³-hybridized carbons (Fsp3) is 0.167. The van der Waals surface area contributed by atoms with Gasteiger partial charge in [0.05, 0.1) is 17.9 Å². The van der Waals surface area contributed by atoms with Gasteiger partial charge < -0.3 is 10.6 Å². The van der Waals surface area contributed by atoms with Crippen LogP contribution in [0.15, 0.2) is 78.9 Å². The number of hydrogen-bond donors (Lipinski definition) is 3. The smallest absolute Gasteiger partial charge is 0.148 e. The summed E-state index contributed by atoms with van der Waals surface area (Å²) in [7, 11) is 0. The quantitative estimate of drug-likeness (QED) is 0.361. The topological polar surface area (TPSA) is 65.6 Å². The van der Waals surface area contributed by atoms with Crippen LogP contribution in [0.5, 0.6) is 0 Å². The van der Waals surface area contributed by atoms with E-state index in [0.29, 0.717) is 12.4 Å². The molecule has 0 unspecified atom stereocenters. The van der Waals surface area contributed by atoms with Gasteiger partial charge in [-0.1, -0.05) is 50.2 Å². The van der Waals surface area contributed by atoms with Crippen LogP contribution in [0.25, 0.3) is 11.3 Å². The summed E-state index contributed by atoms with van der Waals surface area (Å²) in [6.45, 7) is 5.28. The minimum atomic E-state index is -0.256. The third-order valence-corrected chi connectivity index (χ3v) is 4.31. The lowest BCUT2D eigenvalue weighted by Crippen LogP contribution is -2.05. The lowest BCUT2D eigenvalue weighted by atomic mass is 10.1. The molecule has 5 nitrogen and oxygen atoms in total. The van der Waals surface area contributed by atoms with E-state index in [0.717, 1.165) is 29.3 Å². The van der Waals surface area contributed by atoms with Crippen LogP contribution in [0.2, 0.25) is 0 Å². The second kappa shape index (κ2) is 10.8. The van der Waals surface area contributed by atoms with Gasteiger partial charge in [0.25, 0.3) is 0 Å². The van der Waals surface area contributed by atoms with Crippen LogP contribution in [0.1, 0.15) is 25.1 Å². The zero-order valence-corrected chi connectivity index (χ0v) is 17.2. The van der Waals surface area contributed by atoms with Crippen LogP contribution in [-0.2, 0) is 13.1 Å². The Hall–Kier alpha value is -3.67. The molecular weight excluding hydrogens is 377 g/mol. The van der Waals surface area contributed by atoms with Crippen LogP contribution < -0.4 is 10.6 Å². The number of rotatable bonds is 7. The van der Waals surface area contributed by atoms with Crippen molar-refractivity contribution in [3.05, 3.63) is 95.9 Å². The summed E-state index contributed by atoms with van der Waals surface area (Å²) in [5.41, 5.74) is 3.82. The Labute approximate surface area is 176 Å². The Morgan fingerprint density at radius 2 is 1.53 bits per heavy atom. The molecule has 0 bridgehead atoms. The molecule has 30 heavy (non-hydrogen) atoms. The van der Waals surface area contributed by atoms with E-state index in [1.807, 2.05) is 56.3 Å². The number of aromatic amines is 1. The summed E-state index contributed by atoms with van der Waals surface area (Å²) in [5, 5.41) is 13.8. The van der Waals surface area contributed by atoms with Crippen molar-refractivity contribution in [2.45, 2.75) is 26.9 Å². The summed E-state index contributed by atoms with van der Waals surface area (Å²) in [6, 6.07) is 24.3. The van der Waals surface area contributed by atoms with Crippen molar-refractivity contribution in [1.82, 2.24) is 15.2 Å². The lowest BCUT2D eigenvalue weighted by Gasteiger charge is -2.08. The van der Waals surface area contributed by atoms with Crippen LogP contribution in [0.3, 0.4) is 0 Å². The maximum Gasteiger partial charge on any atom is 0.148 e. The lowest BCUT2D eigenvalue weighted by molar-refractivity contribution is 0.628. The fourth-order valence-corrected chi connectivity index (χ4v) is 2.84. The highest BCUT2D eigenvalue weighted by Crippen LogP contribution is 2.20. The van der Waals surface area contributed by atoms with E-state index in [4.69, 9.17) is 0 Å². The van der Waals surface area contributed by atoms with Gasteiger partial charge in [-0.25, -0.2) is 9.37 Å². The third kappa shape index (κ3) is 5.91. The first-order chi connectivity index (χ1) is 14.8. The van der Waals surface area contributed by atoms with E-state index in [1.54, 1.807) is 12.1 Å². The van der Waals surface area contributed by atoms with Crippen LogP contribution in [0.4, 0.5) is 16.0 Å². The summed E-state index contributed by atoms with van der Waals surface area (Å²) < 4.78 is 13.0. The zero-order valence-electron chi connectivity index (χ0n) is 17.2. The van der Waals surface area contributed by atoms with Gasteiger partial charge >= 0.3 is 0 Å². The number of anilines is 2. The van der Waals surface area contributed by atoms with Crippen LogP contribution in [0, 0.1) is 5.82 Å². The van der Waals surface area contributed by atoms with Crippen molar-refractivity contribution in [1.29, 1.82) is 0 Å². The average Bonchev–Trinajstić information content (AvgIpc) is 3.28. The highest BCUT2D eigenvalue weighted by Gasteiger charge is 2.05. The predicted molar refractivity (Wildman–Crippen MR) is 121 cm³/mol. The van der Waals surface area contributed by atoms with Gasteiger partial charge in [0.1, 0.15) is 17.5 Å². The van der Waals surface area contributed by atoms with Gasteiger partial charge in [-0.05, 0) is 47.5 Å². The summed E-state index contributed by atoms with van der Waals surface area (Å²) in [5.74, 6) is 1.29. The zero-order chi connectivity index (χ0) is 21.2. The number of aromatic nitrogens is 3. The second-order valence-electron chi connectivity index (χ2n) is 6.38. The number of nitrogens with one attached hydrogen (secondary N) is 3. The van der Waals surface area contributed by atoms with Crippen molar-refractivity contribution in [3.8, 4) is 11.3 Å². The van der Waals surface area contributed by atoms with E-state index >= 15 is 0 Å². The van der Waals surface area contributed by atoms with Gasteiger partial charge in [0.15, 0.2) is 0 Å². The number of halogens is 1. The number of pyridine rings is 1. The van der Waals surface area contributed by atoms with Crippen molar-refractivity contribution in [2.24, 2.45) is 0 Å². The average molecular weight is 404 g/mol. The van der Waals surface area contributed by atoms with Crippen molar-refractivity contribution in [3.63, 3.8) is 0 Å². The highest BCUT2D eigenvalue weighted by molar-refractivity contribution is 5.62.